The molecule has 0 radical (unpaired) electrons. The van der Waals surface area contributed by atoms with Crippen molar-refractivity contribution in [2.75, 3.05) is 23.4 Å². The first kappa shape index (κ1) is 13.6. The third-order valence-electron chi connectivity index (χ3n) is 3.24. The molecule has 2 heterocycles. The Morgan fingerprint density at radius 2 is 2.39 bits per heavy atom. The highest BCUT2D eigenvalue weighted by molar-refractivity contribution is 9.09. The van der Waals surface area contributed by atoms with E-state index >= 15 is 0 Å². The molecule has 0 aromatic carbocycles. The van der Waals surface area contributed by atoms with Gasteiger partial charge in [-0.05, 0) is 32.6 Å². The lowest BCUT2D eigenvalue weighted by atomic mass is 10.0. The number of nitrogens with zero attached hydrogens (tertiary/aromatic N) is 3. The molecule has 5 heteroatoms. The maximum atomic E-state index is 5.45. The molecule has 0 N–H and O–H groups in total. The van der Waals surface area contributed by atoms with Gasteiger partial charge in [0.1, 0.15) is 0 Å². The standard InChI is InChI=1S/C13H20BrN3O/c1-2-18-12-7-9-15-13(16-12)17-10-4-3-5-11(17)6-8-14/h7,9,11H,2-6,8,10H2,1H3. The van der Waals surface area contributed by atoms with Crippen molar-refractivity contribution < 1.29 is 4.74 Å². The van der Waals surface area contributed by atoms with E-state index in [2.05, 4.69) is 30.8 Å². The fraction of sp³-hybridized carbons (Fsp3) is 0.692. The summed E-state index contributed by atoms with van der Waals surface area (Å²) in [6, 6.07) is 2.37. The van der Waals surface area contributed by atoms with Crippen LogP contribution in [0.3, 0.4) is 0 Å². The highest BCUT2D eigenvalue weighted by atomic mass is 79.9. The van der Waals surface area contributed by atoms with Crippen LogP contribution >= 0.6 is 15.9 Å². The summed E-state index contributed by atoms with van der Waals surface area (Å²) in [4.78, 5) is 11.2. The SMILES string of the molecule is CCOc1ccnc(N2CCCCC2CCBr)n1. The molecule has 1 unspecified atom stereocenters. The molecular weight excluding hydrogens is 294 g/mol. The molecule has 1 aliphatic heterocycles. The molecule has 18 heavy (non-hydrogen) atoms. The van der Waals surface area contributed by atoms with E-state index in [9.17, 15) is 0 Å². The molecule has 0 aliphatic carbocycles. The highest BCUT2D eigenvalue weighted by Gasteiger charge is 2.24. The van der Waals surface area contributed by atoms with Gasteiger partial charge in [-0.1, -0.05) is 15.9 Å². The Morgan fingerprint density at radius 1 is 1.50 bits per heavy atom. The lowest BCUT2D eigenvalue weighted by Crippen LogP contribution is -2.40. The van der Waals surface area contributed by atoms with Crippen molar-refractivity contribution in [2.24, 2.45) is 0 Å². The van der Waals surface area contributed by atoms with Gasteiger partial charge in [0.25, 0.3) is 0 Å². The summed E-state index contributed by atoms with van der Waals surface area (Å²) < 4.78 is 5.45. The van der Waals surface area contributed by atoms with Gasteiger partial charge < -0.3 is 9.64 Å². The largest absolute Gasteiger partial charge is 0.478 e. The van der Waals surface area contributed by atoms with Crippen LogP contribution in [0.4, 0.5) is 5.95 Å². The molecular formula is C13H20BrN3O. The Balaban J connectivity index is 2.14. The predicted molar refractivity (Wildman–Crippen MR) is 76.6 cm³/mol. The Kier molecular flexibility index (Phi) is 5.23. The molecule has 0 spiro atoms. The maximum Gasteiger partial charge on any atom is 0.228 e. The summed E-state index contributed by atoms with van der Waals surface area (Å²) in [5.74, 6) is 1.48. The lowest BCUT2D eigenvalue weighted by molar-refractivity contribution is 0.325. The van der Waals surface area contributed by atoms with Crippen LogP contribution in [0.1, 0.15) is 32.6 Å². The number of rotatable bonds is 5. The topological polar surface area (TPSA) is 38.2 Å². The Labute approximate surface area is 117 Å². The zero-order valence-electron chi connectivity index (χ0n) is 10.8. The second-order valence-electron chi connectivity index (χ2n) is 4.45. The van der Waals surface area contributed by atoms with Crippen LogP contribution in [0.2, 0.25) is 0 Å². The van der Waals surface area contributed by atoms with Crippen molar-refractivity contribution in [1.82, 2.24) is 9.97 Å². The number of alkyl halides is 1. The summed E-state index contributed by atoms with van der Waals surface area (Å²) in [6.07, 6.45) is 6.68. The number of ether oxygens (including phenoxy) is 1. The van der Waals surface area contributed by atoms with E-state index in [4.69, 9.17) is 4.74 Å². The van der Waals surface area contributed by atoms with Crippen molar-refractivity contribution in [3.05, 3.63) is 12.3 Å². The van der Waals surface area contributed by atoms with Gasteiger partial charge in [-0.25, -0.2) is 4.98 Å². The molecule has 1 aliphatic rings. The molecule has 1 aromatic rings. The number of hydrogen-bond donors (Lipinski definition) is 0. The van der Waals surface area contributed by atoms with Crippen LogP contribution in [-0.2, 0) is 0 Å². The van der Waals surface area contributed by atoms with E-state index in [0.29, 0.717) is 18.5 Å². The van der Waals surface area contributed by atoms with E-state index < -0.39 is 0 Å². The number of halogens is 1. The zero-order valence-corrected chi connectivity index (χ0v) is 12.4. The van der Waals surface area contributed by atoms with E-state index in [-0.39, 0.29) is 0 Å². The molecule has 0 saturated carbocycles. The smallest absolute Gasteiger partial charge is 0.228 e. The Hall–Kier alpha value is -0.840. The normalized spacial score (nSPS) is 19.9. The minimum absolute atomic E-state index is 0.551. The third kappa shape index (κ3) is 3.34. The van der Waals surface area contributed by atoms with Gasteiger partial charge in [-0.2, -0.15) is 4.98 Å². The van der Waals surface area contributed by atoms with Gasteiger partial charge in [-0.3, -0.25) is 0 Å². The number of anilines is 1. The average molecular weight is 314 g/mol. The molecule has 1 fully saturated rings. The van der Waals surface area contributed by atoms with Crippen molar-refractivity contribution >= 4 is 21.9 Å². The van der Waals surface area contributed by atoms with Crippen LogP contribution in [0.25, 0.3) is 0 Å². The number of piperidine rings is 1. The van der Waals surface area contributed by atoms with Crippen LogP contribution in [0, 0.1) is 0 Å². The fourth-order valence-corrected chi connectivity index (χ4v) is 2.92. The molecule has 4 nitrogen and oxygen atoms in total. The lowest BCUT2D eigenvalue weighted by Gasteiger charge is -2.35. The van der Waals surface area contributed by atoms with E-state index in [1.807, 2.05) is 13.0 Å². The van der Waals surface area contributed by atoms with Crippen molar-refractivity contribution in [3.63, 3.8) is 0 Å². The van der Waals surface area contributed by atoms with Crippen LogP contribution in [0.15, 0.2) is 12.3 Å². The summed E-state index contributed by atoms with van der Waals surface area (Å²) in [6.45, 7) is 3.66. The monoisotopic (exact) mass is 313 g/mol. The van der Waals surface area contributed by atoms with Gasteiger partial charge in [-0.15, -0.1) is 0 Å². The summed E-state index contributed by atoms with van der Waals surface area (Å²) in [5, 5.41) is 1.03. The zero-order chi connectivity index (χ0) is 12.8. The van der Waals surface area contributed by atoms with Gasteiger partial charge in [0.15, 0.2) is 0 Å². The molecule has 2 rings (SSSR count). The molecule has 1 saturated heterocycles. The minimum Gasteiger partial charge on any atom is -0.478 e. The highest BCUT2D eigenvalue weighted by Crippen LogP contribution is 2.25. The van der Waals surface area contributed by atoms with E-state index in [0.717, 1.165) is 24.2 Å². The first-order valence-corrected chi connectivity index (χ1v) is 7.75. The van der Waals surface area contributed by atoms with E-state index in [1.54, 1.807) is 6.20 Å². The van der Waals surface area contributed by atoms with Crippen LogP contribution < -0.4 is 9.64 Å². The van der Waals surface area contributed by atoms with Crippen molar-refractivity contribution in [2.45, 2.75) is 38.6 Å². The number of hydrogen-bond acceptors (Lipinski definition) is 4. The van der Waals surface area contributed by atoms with Crippen molar-refractivity contribution in [1.29, 1.82) is 0 Å². The van der Waals surface area contributed by atoms with Crippen molar-refractivity contribution in [3.8, 4) is 5.88 Å². The van der Waals surface area contributed by atoms with Gasteiger partial charge in [0, 0.05) is 30.2 Å². The molecule has 100 valence electrons. The first-order chi connectivity index (χ1) is 8.85. The number of aromatic nitrogens is 2. The van der Waals surface area contributed by atoms with Crippen LogP contribution in [-0.4, -0.2) is 34.5 Å². The van der Waals surface area contributed by atoms with Gasteiger partial charge >= 0.3 is 0 Å². The predicted octanol–water partition coefficient (Wildman–Crippen LogP) is 3.02. The van der Waals surface area contributed by atoms with Gasteiger partial charge in [0.2, 0.25) is 11.8 Å². The molecule has 1 atom stereocenters. The molecule has 0 amide bonds. The van der Waals surface area contributed by atoms with Gasteiger partial charge in [0.05, 0.1) is 6.61 Å². The second kappa shape index (κ2) is 6.92. The molecule has 1 aromatic heterocycles. The Bertz CT molecular complexity index is 373. The van der Waals surface area contributed by atoms with Crippen LogP contribution in [0.5, 0.6) is 5.88 Å². The summed E-state index contributed by atoms with van der Waals surface area (Å²) >= 11 is 3.53. The first-order valence-electron chi connectivity index (χ1n) is 6.63. The average Bonchev–Trinajstić information content (AvgIpc) is 2.40. The Morgan fingerprint density at radius 3 is 3.17 bits per heavy atom. The second-order valence-corrected chi connectivity index (χ2v) is 5.24. The minimum atomic E-state index is 0.551. The fourth-order valence-electron chi connectivity index (χ4n) is 2.39. The quantitative estimate of drug-likeness (QED) is 0.783. The third-order valence-corrected chi connectivity index (χ3v) is 3.69. The summed E-state index contributed by atoms with van der Waals surface area (Å²) in [7, 11) is 0. The molecule has 0 bridgehead atoms. The maximum absolute atomic E-state index is 5.45. The van der Waals surface area contributed by atoms with E-state index in [1.165, 1.54) is 19.3 Å². The summed E-state index contributed by atoms with van der Waals surface area (Å²) in [5.41, 5.74) is 0.